The summed E-state index contributed by atoms with van der Waals surface area (Å²) in [4.78, 5) is 13.2. The molecule has 0 radical (unpaired) electrons. The summed E-state index contributed by atoms with van der Waals surface area (Å²) in [5.74, 6) is -1.88. The van der Waals surface area contributed by atoms with Gasteiger partial charge in [0, 0.05) is 36.2 Å². The maximum Gasteiger partial charge on any atom is 0.243 e. The lowest BCUT2D eigenvalue weighted by Gasteiger charge is -2.30. The van der Waals surface area contributed by atoms with Gasteiger partial charge in [0.25, 0.3) is 0 Å². The van der Waals surface area contributed by atoms with Crippen molar-refractivity contribution < 1.29 is 22.0 Å². The topological polar surface area (TPSA) is 66.5 Å². The SMILES string of the molecule is Cc1ccc(SCCNC(=O)C2CCN(S(=O)(=O)c3ccc(F)c(F)c3)CC2)cc1. The molecule has 1 amide bonds. The Morgan fingerprint density at radius 1 is 1.10 bits per heavy atom. The smallest absolute Gasteiger partial charge is 0.243 e. The standard InChI is InChI=1S/C21H24F2N2O3S2/c1-15-2-4-17(5-3-15)29-13-10-24-21(26)16-8-11-25(12-9-16)30(27,28)18-6-7-19(22)20(23)14-18/h2-7,14,16H,8-13H2,1H3,(H,24,26). The first-order chi connectivity index (χ1) is 14.3. The van der Waals surface area contributed by atoms with Crippen LogP contribution in [0.4, 0.5) is 8.78 Å². The molecule has 2 aromatic carbocycles. The molecule has 1 fully saturated rings. The van der Waals surface area contributed by atoms with Crippen LogP contribution in [0.15, 0.2) is 52.3 Å². The summed E-state index contributed by atoms with van der Waals surface area (Å²) in [6.45, 7) is 2.89. The van der Waals surface area contributed by atoms with E-state index in [0.29, 0.717) is 25.5 Å². The minimum atomic E-state index is -3.91. The van der Waals surface area contributed by atoms with Crippen molar-refractivity contribution in [3.63, 3.8) is 0 Å². The van der Waals surface area contributed by atoms with Crippen LogP contribution in [0.25, 0.3) is 0 Å². The Balaban J connectivity index is 1.45. The molecule has 3 rings (SSSR count). The Labute approximate surface area is 179 Å². The van der Waals surface area contributed by atoms with Gasteiger partial charge >= 0.3 is 0 Å². The third-order valence-electron chi connectivity index (χ3n) is 5.04. The number of aryl methyl sites for hydroxylation is 1. The highest BCUT2D eigenvalue weighted by Gasteiger charge is 2.32. The number of nitrogens with zero attached hydrogens (tertiary/aromatic N) is 1. The highest BCUT2D eigenvalue weighted by molar-refractivity contribution is 7.99. The molecule has 0 bridgehead atoms. The van der Waals surface area contributed by atoms with E-state index in [1.54, 1.807) is 11.8 Å². The number of piperidine rings is 1. The molecule has 1 N–H and O–H groups in total. The first-order valence-corrected chi connectivity index (χ1v) is 12.1. The molecule has 1 aliphatic rings. The molecule has 2 aromatic rings. The zero-order valence-electron chi connectivity index (χ0n) is 16.6. The molecule has 0 atom stereocenters. The first kappa shape index (κ1) is 22.7. The molecule has 5 nitrogen and oxygen atoms in total. The lowest BCUT2D eigenvalue weighted by molar-refractivity contribution is -0.125. The molecular formula is C21H24F2N2O3S2. The van der Waals surface area contributed by atoms with Crippen LogP contribution in [0.2, 0.25) is 0 Å². The molecule has 30 heavy (non-hydrogen) atoms. The zero-order valence-corrected chi connectivity index (χ0v) is 18.2. The minimum Gasteiger partial charge on any atom is -0.355 e. The van der Waals surface area contributed by atoms with Gasteiger partial charge in [-0.1, -0.05) is 17.7 Å². The van der Waals surface area contributed by atoms with Crippen LogP contribution in [-0.2, 0) is 14.8 Å². The van der Waals surface area contributed by atoms with Crippen molar-refractivity contribution in [1.29, 1.82) is 0 Å². The lowest BCUT2D eigenvalue weighted by atomic mass is 9.97. The molecule has 0 saturated carbocycles. The van der Waals surface area contributed by atoms with Crippen LogP contribution in [-0.4, -0.2) is 44.0 Å². The summed E-state index contributed by atoms with van der Waals surface area (Å²) < 4.78 is 53.0. The van der Waals surface area contributed by atoms with Gasteiger partial charge in [0.05, 0.1) is 4.90 Å². The summed E-state index contributed by atoms with van der Waals surface area (Å²) in [5.41, 5.74) is 1.20. The number of halogens is 2. The Morgan fingerprint density at radius 2 is 1.77 bits per heavy atom. The van der Waals surface area contributed by atoms with Crippen LogP contribution < -0.4 is 5.32 Å². The number of benzene rings is 2. The summed E-state index contributed by atoms with van der Waals surface area (Å²) in [6, 6.07) is 10.7. The fourth-order valence-corrected chi connectivity index (χ4v) is 5.52. The van der Waals surface area contributed by atoms with Crippen LogP contribution in [0.5, 0.6) is 0 Å². The van der Waals surface area contributed by atoms with Gasteiger partial charge in [0.1, 0.15) is 0 Å². The molecular weight excluding hydrogens is 430 g/mol. The molecule has 162 valence electrons. The van der Waals surface area contributed by atoms with Crippen LogP contribution >= 0.6 is 11.8 Å². The second-order valence-corrected chi connectivity index (χ2v) is 10.3. The van der Waals surface area contributed by atoms with Gasteiger partial charge in [-0.2, -0.15) is 4.31 Å². The Morgan fingerprint density at radius 3 is 2.40 bits per heavy atom. The lowest BCUT2D eigenvalue weighted by Crippen LogP contribution is -2.43. The van der Waals surface area contributed by atoms with Gasteiger partial charge in [0.2, 0.25) is 15.9 Å². The highest BCUT2D eigenvalue weighted by atomic mass is 32.2. The van der Waals surface area contributed by atoms with E-state index >= 15 is 0 Å². The zero-order chi connectivity index (χ0) is 21.7. The second-order valence-electron chi connectivity index (χ2n) is 7.21. The number of carbonyl (C=O) groups is 1. The maximum atomic E-state index is 13.4. The van der Waals surface area contributed by atoms with Crippen LogP contribution in [0.3, 0.4) is 0 Å². The van der Waals surface area contributed by atoms with E-state index in [2.05, 4.69) is 5.32 Å². The maximum absolute atomic E-state index is 13.4. The first-order valence-electron chi connectivity index (χ1n) is 9.70. The van der Waals surface area contributed by atoms with Gasteiger partial charge in [-0.15, -0.1) is 11.8 Å². The minimum absolute atomic E-state index is 0.0793. The summed E-state index contributed by atoms with van der Waals surface area (Å²) in [5, 5.41) is 2.91. The molecule has 1 aliphatic heterocycles. The molecule has 0 aromatic heterocycles. The van der Waals surface area contributed by atoms with E-state index in [4.69, 9.17) is 0 Å². The highest BCUT2D eigenvalue weighted by Crippen LogP contribution is 2.25. The monoisotopic (exact) mass is 454 g/mol. The van der Waals surface area contributed by atoms with E-state index < -0.39 is 21.7 Å². The van der Waals surface area contributed by atoms with Crippen molar-refractivity contribution in [3.8, 4) is 0 Å². The van der Waals surface area contributed by atoms with Crippen molar-refractivity contribution in [2.45, 2.75) is 29.6 Å². The number of amides is 1. The number of hydrogen-bond acceptors (Lipinski definition) is 4. The average molecular weight is 455 g/mol. The number of carbonyl (C=O) groups excluding carboxylic acids is 1. The van der Waals surface area contributed by atoms with E-state index in [1.165, 1.54) is 9.87 Å². The Kier molecular flexibility index (Phi) is 7.49. The van der Waals surface area contributed by atoms with Crippen molar-refractivity contribution in [3.05, 3.63) is 59.7 Å². The van der Waals surface area contributed by atoms with Gasteiger partial charge in [0.15, 0.2) is 11.6 Å². The summed E-state index contributed by atoms with van der Waals surface area (Å²) in [6.07, 6.45) is 0.777. The third kappa shape index (κ3) is 5.59. The molecule has 1 saturated heterocycles. The largest absolute Gasteiger partial charge is 0.355 e. The van der Waals surface area contributed by atoms with Crippen molar-refractivity contribution in [2.24, 2.45) is 5.92 Å². The van der Waals surface area contributed by atoms with Crippen molar-refractivity contribution in [1.82, 2.24) is 9.62 Å². The van der Waals surface area contributed by atoms with Gasteiger partial charge in [-0.05, 0) is 50.1 Å². The van der Waals surface area contributed by atoms with Crippen LogP contribution in [0.1, 0.15) is 18.4 Å². The summed E-state index contributed by atoms with van der Waals surface area (Å²) >= 11 is 1.66. The Hall–Kier alpha value is -1.97. The fraction of sp³-hybridized carbons (Fsp3) is 0.381. The van der Waals surface area contributed by atoms with Crippen molar-refractivity contribution in [2.75, 3.05) is 25.4 Å². The fourth-order valence-electron chi connectivity index (χ4n) is 3.27. The molecule has 0 aliphatic carbocycles. The van der Waals surface area contributed by atoms with Crippen molar-refractivity contribution >= 4 is 27.7 Å². The van der Waals surface area contributed by atoms with E-state index in [-0.39, 0.29) is 29.8 Å². The quantitative estimate of drug-likeness (QED) is 0.513. The van der Waals surface area contributed by atoms with Crippen LogP contribution in [0, 0.1) is 24.5 Å². The molecule has 0 unspecified atom stereocenters. The second kappa shape index (κ2) is 9.89. The van der Waals surface area contributed by atoms with Gasteiger partial charge in [-0.25, -0.2) is 17.2 Å². The number of thioether (sulfide) groups is 1. The molecule has 1 heterocycles. The summed E-state index contributed by atoms with van der Waals surface area (Å²) in [7, 11) is -3.91. The number of hydrogen-bond donors (Lipinski definition) is 1. The average Bonchev–Trinajstić information content (AvgIpc) is 2.74. The van der Waals surface area contributed by atoms with E-state index in [1.807, 2.05) is 31.2 Å². The predicted molar refractivity (Wildman–Crippen MR) is 113 cm³/mol. The van der Waals surface area contributed by atoms with E-state index in [9.17, 15) is 22.0 Å². The molecule has 9 heteroatoms. The third-order valence-corrected chi connectivity index (χ3v) is 7.95. The Bertz CT molecular complexity index is 990. The van der Waals surface area contributed by atoms with Gasteiger partial charge in [-0.3, -0.25) is 4.79 Å². The normalized spacial score (nSPS) is 15.8. The predicted octanol–water partition coefficient (Wildman–Crippen LogP) is 3.58. The number of nitrogens with one attached hydrogen (secondary N) is 1. The van der Waals surface area contributed by atoms with Gasteiger partial charge < -0.3 is 5.32 Å². The number of sulfonamides is 1. The molecule has 0 spiro atoms. The van der Waals surface area contributed by atoms with E-state index in [0.717, 1.165) is 22.8 Å². The number of rotatable bonds is 7.